The molecular formula is C38H36N10O4. The van der Waals surface area contributed by atoms with Gasteiger partial charge in [-0.3, -0.25) is 15.6 Å². The highest BCUT2D eigenvalue weighted by molar-refractivity contribution is 6.11. The highest BCUT2D eigenvalue weighted by atomic mass is 16.5. The van der Waals surface area contributed by atoms with Crippen LogP contribution in [-0.2, 0) is 19.3 Å². The van der Waals surface area contributed by atoms with E-state index < -0.39 is 0 Å². The standard InChI is InChI=1S/C19H15N5O2.C10H9N.C9H8N4O2.2H2/c20-8-11-1-3-13-12(7-11)2-5-15(13)26-17-6-4-14(21)19(24-17)18(22)16-9-23-10-25-16;11-7-8-4-5-9-2-1-3-10(9)6-8;10-5-1-2-7(14)13-9(5)8(11)6-3-12-4-15-6;;/h1,3-4,6-7,9-10,15,22H,2,5,21H2;4-6H,1-3H2;1-4,11H,10H2,(H,13,14);2*1H/t15-;;;;/m0..../s1. The number of nitrogens with two attached hydrogens (primary N) is 2. The molecule has 2 aliphatic carbocycles. The van der Waals surface area contributed by atoms with Crippen LogP contribution in [0.25, 0.3) is 0 Å². The van der Waals surface area contributed by atoms with E-state index in [9.17, 15) is 4.79 Å². The number of nitriles is 2. The van der Waals surface area contributed by atoms with E-state index >= 15 is 0 Å². The molecular weight excluding hydrogens is 660 g/mol. The smallest absolute Gasteiger partial charge is 0.248 e. The number of nitrogens with zero attached hydrogens (tertiary/aromatic N) is 5. The van der Waals surface area contributed by atoms with E-state index in [0.717, 1.165) is 36.0 Å². The van der Waals surface area contributed by atoms with Crippen molar-refractivity contribution in [2.24, 2.45) is 0 Å². The molecule has 0 fully saturated rings. The average Bonchev–Trinajstić information content (AvgIpc) is 4.01. The number of rotatable bonds is 6. The summed E-state index contributed by atoms with van der Waals surface area (Å²) in [7, 11) is 0. The van der Waals surface area contributed by atoms with Crippen LogP contribution in [0.2, 0.25) is 0 Å². The Kier molecular flexibility index (Phi) is 10.3. The number of ether oxygens (including phenoxy) is 1. The number of fused-ring (bicyclic) bond motifs is 2. The summed E-state index contributed by atoms with van der Waals surface area (Å²) in [6, 6.07) is 22.0. The fourth-order valence-corrected chi connectivity index (χ4v) is 5.89. The predicted molar refractivity (Wildman–Crippen MR) is 195 cm³/mol. The van der Waals surface area contributed by atoms with Gasteiger partial charge in [0.25, 0.3) is 0 Å². The zero-order valence-electron chi connectivity index (χ0n) is 27.7. The number of nitrogens with one attached hydrogen (secondary N) is 3. The molecule has 0 saturated carbocycles. The summed E-state index contributed by atoms with van der Waals surface area (Å²) in [5.74, 6) is 0.931. The quantitative estimate of drug-likeness (QED) is 0.128. The summed E-state index contributed by atoms with van der Waals surface area (Å²) in [6.45, 7) is 0. The number of pyridine rings is 2. The lowest BCUT2D eigenvalue weighted by atomic mass is 10.1. The van der Waals surface area contributed by atoms with Crippen LogP contribution in [0.15, 0.2) is 99.5 Å². The first-order chi connectivity index (χ1) is 25.2. The molecule has 6 aromatic rings. The van der Waals surface area contributed by atoms with Gasteiger partial charge in [0.15, 0.2) is 24.3 Å². The Morgan fingerprint density at radius 1 is 0.827 bits per heavy atom. The van der Waals surface area contributed by atoms with Crippen molar-refractivity contribution in [3.05, 3.63) is 152 Å². The molecule has 2 aromatic carbocycles. The second-order valence-electron chi connectivity index (χ2n) is 11.8. The van der Waals surface area contributed by atoms with Crippen LogP contribution in [0.1, 0.15) is 78.1 Å². The van der Waals surface area contributed by atoms with Gasteiger partial charge in [-0.15, -0.1) is 0 Å². The molecule has 0 aliphatic heterocycles. The van der Waals surface area contributed by atoms with Gasteiger partial charge < -0.3 is 30.0 Å². The number of benzene rings is 2. The number of nitrogen functional groups attached to an aromatic ring is 2. The fraction of sp³-hybridized carbons (Fsp3) is 0.158. The zero-order chi connectivity index (χ0) is 36.6. The number of aromatic nitrogens is 4. The first-order valence-electron chi connectivity index (χ1n) is 16.2. The summed E-state index contributed by atoms with van der Waals surface area (Å²) in [4.78, 5) is 25.4. The van der Waals surface area contributed by atoms with E-state index in [2.05, 4.69) is 38.1 Å². The highest BCUT2D eigenvalue weighted by Gasteiger charge is 2.25. The number of aromatic amines is 1. The van der Waals surface area contributed by atoms with E-state index in [4.69, 9.17) is 46.4 Å². The Labute approximate surface area is 300 Å². The molecule has 0 spiro atoms. The largest absolute Gasteiger partial charge is 0.469 e. The summed E-state index contributed by atoms with van der Waals surface area (Å²) in [5, 5.41) is 33.6. The third-order valence-electron chi connectivity index (χ3n) is 8.48. The van der Waals surface area contributed by atoms with E-state index in [1.807, 2.05) is 24.3 Å². The maximum Gasteiger partial charge on any atom is 0.248 e. The monoisotopic (exact) mass is 696 g/mol. The molecule has 4 aromatic heterocycles. The van der Waals surface area contributed by atoms with Gasteiger partial charge in [-0.05, 0) is 90.8 Å². The number of H-pyrrole nitrogens is 1. The third-order valence-corrected chi connectivity index (χ3v) is 8.48. The molecule has 0 radical (unpaired) electrons. The van der Waals surface area contributed by atoms with Gasteiger partial charge >= 0.3 is 0 Å². The Morgan fingerprint density at radius 3 is 2.17 bits per heavy atom. The number of aryl methyl sites for hydroxylation is 3. The van der Waals surface area contributed by atoms with Crippen molar-refractivity contribution >= 4 is 22.8 Å². The van der Waals surface area contributed by atoms with Crippen molar-refractivity contribution in [2.45, 2.75) is 38.2 Å². The molecule has 0 bridgehead atoms. The van der Waals surface area contributed by atoms with Crippen molar-refractivity contribution < 1.29 is 16.4 Å². The maximum absolute atomic E-state index is 11.1. The zero-order valence-corrected chi connectivity index (χ0v) is 27.7. The lowest BCUT2D eigenvalue weighted by Crippen LogP contribution is -2.14. The SMILES string of the molecule is N#Cc1ccc2c(c1)CCC2.N#Cc1ccc2c(c1)CC[C@@H]2Oc1ccc(N)c(C(=N)c2cnco2)n1.N=C(c1cnco1)c1[nH]c(=O)ccc1N.[HH].[HH]. The summed E-state index contributed by atoms with van der Waals surface area (Å²) < 4.78 is 16.1. The second kappa shape index (κ2) is 15.5. The minimum atomic E-state index is -0.316. The Bertz CT molecular complexity index is 2400. The maximum atomic E-state index is 11.1. The van der Waals surface area contributed by atoms with Crippen LogP contribution in [-0.4, -0.2) is 31.4 Å². The molecule has 7 N–H and O–H groups in total. The van der Waals surface area contributed by atoms with E-state index in [-0.39, 0.29) is 48.8 Å². The van der Waals surface area contributed by atoms with Gasteiger partial charge in [0.05, 0.1) is 52.7 Å². The minimum absolute atomic E-state index is 0. The minimum Gasteiger partial charge on any atom is -0.469 e. The van der Waals surface area contributed by atoms with Crippen LogP contribution < -0.4 is 21.8 Å². The van der Waals surface area contributed by atoms with Gasteiger partial charge in [-0.2, -0.15) is 10.5 Å². The molecule has 0 saturated heterocycles. The van der Waals surface area contributed by atoms with E-state index in [1.54, 1.807) is 18.2 Å². The lowest BCUT2D eigenvalue weighted by molar-refractivity contribution is 0.199. The van der Waals surface area contributed by atoms with Gasteiger partial charge in [-0.25, -0.2) is 15.0 Å². The van der Waals surface area contributed by atoms with E-state index in [1.165, 1.54) is 61.3 Å². The molecule has 52 heavy (non-hydrogen) atoms. The predicted octanol–water partition coefficient (Wildman–Crippen LogP) is 5.91. The summed E-state index contributed by atoms with van der Waals surface area (Å²) in [6.07, 6.45) is 10.4. The summed E-state index contributed by atoms with van der Waals surface area (Å²) >= 11 is 0. The fourth-order valence-electron chi connectivity index (χ4n) is 5.89. The molecule has 0 amide bonds. The molecule has 4 heterocycles. The van der Waals surface area contributed by atoms with Gasteiger partial charge in [0.2, 0.25) is 11.4 Å². The number of hydrogen-bond donors (Lipinski definition) is 5. The van der Waals surface area contributed by atoms with Crippen LogP contribution in [0.3, 0.4) is 0 Å². The van der Waals surface area contributed by atoms with Crippen LogP contribution in [0.4, 0.5) is 11.4 Å². The molecule has 2 aliphatic rings. The molecule has 1 atom stereocenters. The highest BCUT2D eigenvalue weighted by Crippen LogP contribution is 2.35. The lowest BCUT2D eigenvalue weighted by Gasteiger charge is -2.15. The first kappa shape index (κ1) is 34.5. The number of oxazole rings is 2. The molecule has 14 nitrogen and oxygen atoms in total. The normalized spacial score (nSPS) is 13.5. The van der Waals surface area contributed by atoms with Gasteiger partial charge in [-0.1, -0.05) is 12.1 Å². The Hall–Kier alpha value is -7.32. The number of anilines is 2. The van der Waals surface area contributed by atoms with Crippen molar-refractivity contribution in [1.29, 1.82) is 21.3 Å². The third kappa shape index (κ3) is 7.77. The summed E-state index contributed by atoms with van der Waals surface area (Å²) in [5.41, 5.74) is 19.0. The van der Waals surface area contributed by atoms with Gasteiger partial charge in [0, 0.05) is 15.0 Å². The van der Waals surface area contributed by atoms with Crippen molar-refractivity contribution in [1.82, 2.24) is 19.9 Å². The Balaban J connectivity index is 0.000000197. The molecule has 262 valence electrons. The second-order valence-corrected chi connectivity index (χ2v) is 11.8. The van der Waals surface area contributed by atoms with Crippen molar-refractivity contribution in [3.8, 4) is 18.0 Å². The van der Waals surface area contributed by atoms with Crippen molar-refractivity contribution in [2.75, 3.05) is 11.5 Å². The van der Waals surface area contributed by atoms with E-state index in [0.29, 0.717) is 22.8 Å². The topological polar surface area (TPSA) is 254 Å². The Morgan fingerprint density at radius 2 is 1.48 bits per heavy atom. The molecule has 14 heteroatoms. The van der Waals surface area contributed by atoms with Crippen LogP contribution in [0.5, 0.6) is 5.88 Å². The number of hydrogen-bond acceptors (Lipinski definition) is 13. The first-order valence-corrected chi connectivity index (χ1v) is 16.2. The molecule has 0 unspecified atom stereocenters. The van der Waals surface area contributed by atoms with Gasteiger partial charge in [0.1, 0.15) is 23.2 Å². The van der Waals surface area contributed by atoms with Crippen LogP contribution >= 0.6 is 0 Å². The average molecular weight is 697 g/mol. The van der Waals surface area contributed by atoms with Crippen LogP contribution in [0, 0.1) is 33.5 Å². The molecule has 8 rings (SSSR count). The van der Waals surface area contributed by atoms with Crippen molar-refractivity contribution in [3.63, 3.8) is 0 Å².